The van der Waals surface area contributed by atoms with Gasteiger partial charge in [-0.25, -0.2) is 0 Å². The van der Waals surface area contributed by atoms with E-state index in [0.29, 0.717) is 23.1 Å². The van der Waals surface area contributed by atoms with Crippen molar-refractivity contribution in [3.05, 3.63) is 35.9 Å². The second kappa shape index (κ2) is 4.49. The van der Waals surface area contributed by atoms with Gasteiger partial charge in [0.1, 0.15) is 23.0 Å². The van der Waals surface area contributed by atoms with Crippen molar-refractivity contribution in [2.75, 3.05) is 0 Å². The molecule has 0 aliphatic heterocycles. The molecule has 0 spiro atoms. The van der Waals surface area contributed by atoms with Crippen molar-refractivity contribution < 1.29 is 20.4 Å². The maximum Gasteiger partial charge on any atom is 0.127 e. The molecule has 0 radical (unpaired) electrons. The van der Waals surface area contributed by atoms with Crippen LogP contribution in [0.15, 0.2) is 30.3 Å². The maximum atomic E-state index is 9.92. The lowest BCUT2D eigenvalue weighted by molar-refractivity contribution is 0.445. The standard InChI is InChI=1S/C14H14O4/c1-2-8-5-10(16)7-13(18)14(8)11-4-3-9(15)6-12(11)17/h3-7,15-18H,2H2,1H3. The molecule has 0 saturated heterocycles. The van der Waals surface area contributed by atoms with Gasteiger partial charge in [-0.15, -0.1) is 0 Å². The molecule has 0 aliphatic carbocycles. The predicted molar refractivity (Wildman–Crippen MR) is 67.9 cm³/mol. The van der Waals surface area contributed by atoms with Crippen molar-refractivity contribution in [2.24, 2.45) is 0 Å². The first-order valence-corrected chi connectivity index (χ1v) is 5.60. The van der Waals surface area contributed by atoms with Crippen LogP contribution in [0.3, 0.4) is 0 Å². The zero-order valence-electron chi connectivity index (χ0n) is 9.88. The summed E-state index contributed by atoms with van der Waals surface area (Å²) in [5.74, 6) is -0.294. The highest BCUT2D eigenvalue weighted by atomic mass is 16.3. The van der Waals surface area contributed by atoms with Gasteiger partial charge in [0.05, 0.1) is 0 Å². The van der Waals surface area contributed by atoms with Crippen LogP contribution in [-0.2, 0) is 6.42 Å². The van der Waals surface area contributed by atoms with Crippen molar-refractivity contribution in [2.45, 2.75) is 13.3 Å². The molecule has 0 unspecified atom stereocenters. The number of aromatic hydroxyl groups is 4. The molecule has 2 rings (SSSR count). The molecule has 2 aromatic carbocycles. The Morgan fingerprint density at radius 1 is 0.833 bits per heavy atom. The van der Waals surface area contributed by atoms with Gasteiger partial charge < -0.3 is 20.4 Å². The fourth-order valence-electron chi connectivity index (χ4n) is 1.99. The maximum absolute atomic E-state index is 9.92. The summed E-state index contributed by atoms with van der Waals surface area (Å²) in [6.07, 6.45) is 0.595. The highest BCUT2D eigenvalue weighted by molar-refractivity contribution is 5.79. The highest BCUT2D eigenvalue weighted by Gasteiger charge is 2.15. The molecule has 4 N–H and O–H groups in total. The van der Waals surface area contributed by atoms with Crippen LogP contribution >= 0.6 is 0 Å². The smallest absolute Gasteiger partial charge is 0.127 e. The van der Waals surface area contributed by atoms with E-state index >= 15 is 0 Å². The molecule has 18 heavy (non-hydrogen) atoms. The summed E-state index contributed by atoms with van der Waals surface area (Å²) in [6, 6.07) is 6.93. The van der Waals surface area contributed by atoms with Gasteiger partial charge in [0.15, 0.2) is 0 Å². The molecule has 0 atom stereocenters. The fourth-order valence-corrected chi connectivity index (χ4v) is 1.99. The number of aryl methyl sites for hydroxylation is 1. The Balaban J connectivity index is 2.70. The largest absolute Gasteiger partial charge is 0.508 e. The first kappa shape index (κ1) is 12.1. The number of benzene rings is 2. The average molecular weight is 246 g/mol. The lowest BCUT2D eigenvalue weighted by Crippen LogP contribution is -1.89. The normalized spacial score (nSPS) is 10.5. The minimum atomic E-state index is -0.120. The van der Waals surface area contributed by atoms with Gasteiger partial charge >= 0.3 is 0 Å². The molecule has 0 bridgehead atoms. The van der Waals surface area contributed by atoms with E-state index in [2.05, 4.69) is 0 Å². The third-order valence-electron chi connectivity index (χ3n) is 2.82. The van der Waals surface area contributed by atoms with E-state index in [0.717, 1.165) is 0 Å². The highest BCUT2D eigenvalue weighted by Crippen LogP contribution is 2.41. The van der Waals surface area contributed by atoms with Crippen LogP contribution in [0.25, 0.3) is 11.1 Å². The van der Waals surface area contributed by atoms with Crippen molar-refractivity contribution in [3.8, 4) is 34.1 Å². The number of hydrogen-bond donors (Lipinski definition) is 4. The van der Waals surface area contributed by atoms with Crippen LogP contribution in [0.4, 0.5) is 0 Å². The summed E-state index contributed by atoms with van der Waals surface area (Å²) in [7, 11) is 0. The molecule has 4 nitrogen and oxygen atoms in total. The monoisotopic (exact) mass is 246 g/mol. The summed E-state index contributed by atoms with van der Waals surface area (Å²) in [5, 5.41) is 38.5. The van der Waals surface area contributed by atoms with Crippen molar-refractivity contribution in [1.29, 1.82) is 0 Å². The van der Waals surface area contributed by atoms with Gasteiger partial charge in [-0.05, 0) is 30.2 Å². The van der Waals surface area contributed by atoms with Gasteiger partial charge in [-0.2, -0.15) is 0 Å². The number of phenolic OH excluding ortho intramolecular Hbond substituents is 4. The van der Waals surface area contributed by atoms with E-state index in [9.17, 15) is 20.4 Å². The van der Waals surface area contributed by atoms with Gasteiger partial charge in [0, 0.05) is 23.3 Å². The second-order valence-electron chi connectivity index (χ2n) is 4.05. The number of phenols is 4. The molecule has 2 aromatic rings. The van der Waals surface area contributed by atoms with E-state index in [1.54, 1.807) is 6.07 Å². The minimum Gasteiger partial charge on any atom is -0.508 e. The van der Waals surface area contributed by atoms with Gasteiger partial charge in [0.2, 0.25) is 0 Å². The van der Waals surface area contributed by atoms with Gasteiger partial charge in [0.25, 0.3) is 0 Å². The quantitative estimate of drug-likeness (QED) is 0.656. The molecular formula is C14H14O4. The first-order chi connectivity index (χ1) is 8.52. The fraction of sp³-hybridized carbons (Fsp3) is 0.143. The van der Waals surface area contributed by atoms with E-state index in [1.165, 1.54) is 24.3 Å². The summed E-state index contributed by atoms with van der Waals surface area (Å²) in [5.41, 5.74) is 1.60. The van der Waals surface area contributed by atoms with Crippen molar-refractivity contribution in [1.82, 2.24) is 0 Å². The third kappa shape index (κ3) is 2.05. The Morgan fingerprint density at radius 2 is 1.50 bits per heavy atom. The minimum absolute atomic E-state index is 0.0219. The van der Waals surface area contributed by atoms with Crippen LogP contribution in [0.1, 0.15) is 12.5 Å². The van der Waals surface area contributed by atoms with Crippen LogP contribution in [-0.4, -0.2) is 20.4 Å². The molecule has 0 aliphatic rings. The molecule has 4 heteroatoms. The lowest BCUT2D eigenvalue weighted by Gasteiger charge is -2.13. The Kier molecular flexibility index (Phi) is 3.02. The Hall–Kier alpha value is -2.36. The van der Waals surface area contributed by atoms with E-state index in [1.807, 2.05) is 6.92 Å². The molecule has 0 heterocycles. The first-order valence-electron chi connectivity index (χ1n) is 5.60. The van der Waals surface area contributed by atoms with Crippen LogP contribution < -0.4 is 0 Å². The zero-order valence-corrected chi connectivity index (χ0v) is 9.88. The number of hydrogen-bond acceptors (Lipinski definition) is 4. The molecule has 94 valence electrons. The molecule has 0 aromatic heterocycles. The predicted octanol–water partition coefficient (Wildman–Crippen LogP) is 2.74. The average Bonchev–Trinajstić information content (AvgIpc) is 2.29. The zero-order chi connectivity index (χ0) is 13.3. The van der Waals surface area contributed by atoms with Gasteiger partial charge in [-0.1, -0.05) is 6.92 Å². The molecule has 0 fully saturated rings. The van der Waals surface area contributed by atoms with Gasteiger partial charge in [-0.3, -0.25) is 0 Å². The lowest BCUT2D eigenvalue weighted by atomic mass is 9.96. The van der Waals surface area contributed by atoms with E-state index in [-0.39, 0.29) is 23.0 Å². The Bertz CT molecular complexity index is 591. The summed E-state index contributed by atoms with van der Waals surface area (Å²) in [4.78, 5) is 0. The van der Waals surface area contributed by atoms with Crippen molar-refractivity contribution >= 4 is 0 Å². The summed E-state index contributed by atoms with van der Waals surface area (Å²) < 4.78 is 0. The molecular weight excluding hydrogens is 232 g/mol. The Morgan fingerprint density at radius 3 is 2.11 bits per heavy atom. The third-order valence-corrected chi connectivity index (χ3v) is 2.82. The summed E-state index contributed by atoms with van der Waals surface area (Å²) >= 11 is 0. The topological polar surface area (TPSA) is 80.9 Å². The van der Waals surface area contributed by atoms with E-state index in [4.69, 9.17) is 0 Å². The number of rotatable bonds is 2. The summed E-state index contributed by atoms with van der Waals surface area (Å²) in [6.45, 7) is 1.88. The van der Waals surface area contributed by atoms with Crippen LogP contribution in [0.5, 0.6) is 23.0 Å². The molecule has 0 amide bonds. The van der Waals surface area contributed by atoms with Crippen LogP contribution in [0.2, 0.25) is 0 Å². The van der Waals surface area contributed by atoms with Crippen LogP contribution in [0, 0.1) is 0 Å². The molecule has 0 saturated carbocycles. The Labute approximate surface area is 104 Å². The SMILES string of the molecule is CCc1cc(O)cc(O)c1-c1ccc(O)cc1O. The van der Waals surface area contributed by atoms with E-state index < -0.39 is 0 Å². The van der Waals surface area contributed by atoms with Crippen molar-refractivity contribution in [3.63, 3.8) is 0 Å². The second-order valence-corrected chi connectivity index (χ2v) is 4.05.